The van der Waals surface area contributed by atoms with Crippen LogP contribution < -0.4 is 5.32 Å². The number of aryl methyl sites for hydroxylation is 3. The van der Waals surface area contributed by atoms with Crippen LogP contribution in [0.4, 0.5) is 0 Å². The van der Waals surface area contributed by atoms with Crippen LogP contribution in [0.1, 0.15) is 58.1 Å². The van der Waals surface area contributed by atoms with Crippen LogP contribution in [0.2, 0.25) is 0 Å². The SMILES string of the molecule is CC(=O)c1coc(CCCC2CN=C(NC(=O)c3nc(C)oc3-c3cccc(C)c3)C=N2)n1. The molecule has 1 N–H and O–H groups in total. The summed E-state index contributed by atoms with van der Waals surface area (Å²) in [7, 11) is 0. The van der Waals surface area contributed by atoms with E-state index in [1.807, 2.05) is 31.2 Å². The number of hydrogen-bond acceptors (Lipinski definition) is 8. The number of benzene rings is 1. The Kier molecular flexibility index (Phi) is 6.58. The van der Waals surface area contributed by atoms with E-state index in [-0.39, 0.29) is 17.5 Å². The molecule has 1 aliphatic heterocycles. The van der Waals surface area contributed by atoms with Gasteiger partial charge in [0.15, 0.2) is 29.0 Å². The van der Waals surface area contributed by atoms with Crippen molar-refractivity contribution in [3.05, 3.63) is 59.3 Å². The second kappa shape index (κ2) is 9.72. The quantitative estimate of drug-likeness (QED) is 0.550. The lowest BCUT2D eigenvalue weighted by Crippen LogP contribution is -2.35. The van der Waals surface area contributed by atoms with Crippen molar-refractivity contribution in [3.8, 4) is 11.3 Å². The molecule has 2 aromatic heterocycles. The number of hydrogen-bond donors (Lipinski definition) is 1. The van der Waals surface area contributed by atoms with E-state index in [4.69, 9.17) is 8.83 Å². The molecule has 33 heavy (non-hydrogen) atoms. The van der Waals surface area contributed by atoms with Crippen LogP contribution in [0.3, 0.4) is 0 Å². The van der Waals surface area contributed by atoms with Crippen LogP contribution in [0.25, 0.3) is 11.3 Å². The van der Waals surface area contributed by atoms with Gasteiger partial charge in [0, 0.05) is 25.8 Å². The predicted molar refractivity (Wildman–Crippen MR) is 123 cm³/mol. The first-order valence-electron chi connectivity index (χ1n) is 10.8. The molecule has 0 aliphatic carbocycles. The maximum atomic E-state index is 12.8. The third kappa shape index (κ3) is 5.49. The zero-order valence-electron chi connectivity index (χ0n) is 18.8. The fourth-order valence-electron chi connectivity index (χ4n) is 3.52. The van der Waals surface area contributed by atoms with Gasteiger partial charge in [-0.15, -0.1) is 0 Å². The first kappa shape index (κ1) is 22.3. The summed E-state index contributed by atoms with van der Waals surface area (Å²) in [5.41, 5.74) is 2.41. The van der Waals surface area contributed by atoms with E-state index < -0.39 is 5.91 Å². The van der Waals surface area contributed by atoms with Crippen molar-refractivity contribution in [2.45, 2.75) is 46.1 Å². The van der Waals surface area contributed by atoms with Crippen LogP contribution >= 0.6 is 0 Å². The lowest BCUT2D eigenvalue weighted by atomic mass is 10.1. The zero-order valence-corrected chi connectivity index (χ0v) is 18.8. The molecule has 9 heteroatoms. The van der Waals surface area contributed by atoms with Gasteiger partial charge >= 0.3 is 0 Å². The van der Waals surface area contributed by atoms with E-state index in [9.17, 15) is 9.59 Å². The lowest BCUT2D eigenvalue weighted by molar-refractivity contribution is 0.0971. The number of carbonyl (C=O) groups excluding carboxylic acids is 2. The fourth-order valence-corrected chi connectivity index (χ4v) is 3.52. The van der Waals surface area contributed by atoms with Gasteiger partial charge in [0.05, 0.1) is 18.8 Å². The summed E-state index contributed by atoms with van der Waals surface area (Å²) in [5.74, 6) is 1.28. The molecule has 0 radical (unpaired) electrons. The fraction of sp³-hybridized carbons (Fsp3) is 0.333. The van der Waals surface area contributed by atoms with E-state index in [1.54, 1.807) is 13.1 Å². The summed E-state index contributed by atoms with van der Waals surface area (Å²) in [4.78, 5) is 41.5. The maximum Gasteiger partial charge on any atom is 0.279 e. The number of amidine groups is 1. The van der Waals surface area contributed by atoms with Crippen LogP contribution in [-0.2, 0) is 6.42 Å². The molecule has 170 valence electrons. The van der Waals surface area contributed by atoms with Crippen molar-refractivity contribution < 1.29 is 18.4 Å². The molecule has 0 saturated carbocycles. The van der Waals surface area contributed by atoms with E-state index in [0.717, 1.165) is 24.0 Å². The molecule has 9 nitrogen and oxygen atoms in total. The molecule has 0 fully saturated rings. The predicted octanol–water partition coefficient (Wildman–Crippen LogP) is 3.75. The Morgan fingerprint density at radius 3 is 2.76 bits per heavy atom. The number of nitrogens with zero attached hydrogens (tertiary/aromatic N) is 4. The topological polar surface area (TPSA) is 123 Å². The van der Waals surface area contributed by atoms with Crippen molar-refractivity contribution in [3.63, 3.8) is 0 Å². The molecule has 3 heterocycles. The molecule has 1 aromatic carbocycles. The van der Waals surface area contributed by atoms with Gasteiger partial charge in [-0.3, -0.25) is 19.6 Å². The van der Waals surface area contributed by atoms with Crippen molar-refractivity contribution in [2.24, 2.45) is 9.98 Å². The van der Waals surface area contributed by atoms with Crippen molar-refractivity contribution in [2.75, 3.05) is 6.54 Å². The Hall–Kier alpha value is -3.88. The van der Waals surface area contributed by atoms with Crippen molar-refractivity contribution >= 4 is 23.7 Å². The molecule has 0 bridgehead atoms. The van der Waals surface area contributed by atoms with Gasteiger partial charge in [-0.05, 0) is 25.8 Å². The average Bonchev–Trinajstić information content (AvgIpc) is 3.42. The number of nitrogens with one attached hydrogen (secondary N) is 1. The summed E-state index contributed by atoms with van der Waals surface area (Å²) < 4.78 is 11.0. The van der Waals surface area contributed by atoms with Gasteiger partial charge < -0.3 is 14.2 Å². The van der Waals surface area contributed by atoms with Crippen LogP contribution in [0.5, 0.6) is 0 Å². The molecule has 0 spiro atoms. The smallest absolute Gasteiger partial charge is 0.279 e. The Morgan fingerprint density at radius 1 is 1.21 bits per heavy atom. The van der Waals surface area contributed by atoms with Gasteiger partial charge in [-0.1, -0.05) is 23.8 Å². The van der Waals surface area contributed by atoms with Gasteiger partial charge in [0.1, 0.15) is 17.8 Å². The third-order valence-corrected chi connectivity index (χ3v) is 5.19. The number of rotatable bonds is 7. The van der Waals surface area contributed by atoms with E-state index in [0.29, 0.717) is 42.0 Å². The minimum Gasteiger partial charge on any atom is -0.448 e. The summed E-state index contributed by atoms with van der Waals surface area (Å²) >= 11 is 0. The van der Waals surface area contributed by atoms with E-state index >= 15 is 0 Å². The van der Waals surface area contributed by atoms with Crippen LogP contribution in [0, 0.1) is 13.8 Å². The number of carbonyl (C=O) groups is 2. The molecular weight excluding hydrogens is 422 g/mol. The minimum atomic E-state index is -0.392. The van der Waals surface area contributed by atoms with Crippen LogP contribution in [0.15, 0.2) is 49.3 Å². The first-order chi connectivity index (χ1) is 15.9. The van der Waals surface area contributed by atoms with E-state index in [1.165, 1.54) is 13.2 Å². The highest BCUT2D eigenvalue weighted by Crippen LogP contribution is 2.25. The Labute approximate surface area is 191 Å². The normalized spacial score (nSPS) is 15.4. The maximum absolute atomic E-state index is 12.8. The standard InChI is InChI=1S/C24H25N5O4/c1-14-6-4-7-17(10-14)23-22(27-16(3)33-23)24(31)29-20-12-25-18(11-26-20)8-5-9-21-28-19(13-32-21)15(2)30/h4,6-7,10,12-13,18H,5,8-9,11H2,1-3H3,(H,26,29,31). The Bertz CT molecular complexity index is 1240. The van der Waals surface area contributed by atoms with Gasteiger partial charge in [-0.2, -0.15) is 0 Å². The monoisotopic (exact) mass is 447 g/mol. The largest absolute Gasteiger partial charge is 0.448 e. The number of Topliss-reactive ketones (excluding diaryl/α,β-unsaturated/α-hetero) is 1. The molecule has 1 aliphatic rings. The number of ketones is 1. The highest BCUT2D eigenvalue weighted by molar-refractivity contribution is 6.34. The highest BCUT2D eigenvalue weighted by atomic mass is 16.4. The Balaban J connectivity index is 1.32. The van der Waals surface area contributed by atoms with Gasteiger partial charge in [-0.25, -0.2) is 9.97 Å². The van der Waals surface area contributed by atoms with E-state index in [2.05, 4.69) is 25.3 Å². The number of aliphatic imine (C=N–C) groups is 2. The molecule has 1 amide bonds. The summed E-state index contributed by atoms with van der Waals surface area (Å²) in [5, 5.41) is 2.77. The molecule has 0 saturated heterocycles. The number of aromatic nitrogens is 2. The van der Waals surface area contributed by atoms with Crippen LogP contribution in [-0.4, -0.2) is 46.3 Å². The first-order valence-corrected chi connectivity index (χ1v) is 10.8. The average molecular weight is 447 g/mol. The Morgan fingerprint density at radius 2 is 2.06 bits per heavy atom. The minimum absolute atomic E-state index is 0.0186. The zero-order chi connectivity index (χ0) is 23.4. The summed E-state index contributed by atoms with van der Waals surface area (Å²) in [6.45, 7) is 5.61. The number of oxazole rings is 2. The summed E-state index contributed by atoms with van der Waals surface area (Å²) in [6, 6.07) is 7.73. The second-order valence-electron chi connectivity index (χ2n) is 7.97. The second-order valence-corrected chi connectivity index (χ2v) is 7.97. The lowest BCUT2D eigenvalue weighted by Gasteiger charge is -2.15. The molecular formula is C24H25N5O4. The highest BCUT2D eigenvalue weighted by Gasteiger charge is 2.22. The van der Waals surface area contributed by atoms with Crippen molar-refractivity contribution in [1.82, 2.24) is 15.3 Å². The molecule has 1 unspecified atom stereocenters. The van der Waals surface area contributed by atoms with Gasteiger partial charge in [0.2, 0.25) is 0 Å². The summed E-state index contributed by atoms with van der Waals surface area (Å²) in [6.07, 6.45) is 5.18. The molecule has 1 atom stereocenters. The van der Waals surface area contributed by atoms with Gasteiger partial charge in [0.25, 0.3) is 5.91 Å². The number of amides is 1. The van der Waals surface area contributed by atoms with Crippen molar-refractivity contribution in [1.29, 1.82) is 0 Å². The molecule has 3 aromatic rings. The molecule has 4 rings (SSSR count). The third-order valence-electron chi connectivity index (χ3n) is 5.19.